The first-order valence-corrected chi connectivity index (χ1v) is 11.6. The predicted octanol–water partition coefficient (Wildman–Crippen LogP) is 5.43. The lowest BCUT2D eigenvalue weighted by Gasteiger charge is -2.19. The Labute approximate surface area is 211 Å². The van der Waals surface area contributed by atoms with Crippen LogP contribution in [0.5, 0.6) is 17.2 Å². The highest BCUT2D eigenvalue weighted by Crippen LogP contribution is 2.37. The summed E-state index contributed by atoms with van der Waals surface area (Å²) in [6.45, 7) is 0. The van der Waals surface area contributed by atoms with Crippen molar-refractivity contribution in [1.29, 1.82) is 0 Å². The van der Waals surface area contributed by atoms with Gasteiger partial charge in [0.25, 0.3) is 0 Å². The molecule has 8 heteroatoms. The number of halogens is 2. The number of fused-ring (bicyclic) bond motifs is 1. The summed E-state index contributed by atoms with van der Waals surface area (Å²) in [6, 6.07) is 17.5. The van der Waals surface area contributed by atoms with Crippen molar-refractivity contribution in [3.63, 3.8) is 0 Å². The van der Waals surface area contributed by atoms with Crippen LogP contribution in [0.25, 0.3) is 17.8 Å². The van der Waals surface area contributed by atoms with Crippen LogP contribution in [-0.4, -0.2) is 28.0 Å². The molecule has 1 aliphatic rings. The smallest absolute Gasteiger partial charge is 0.335 e. The van der Waals surface area contributed by atoms with E-state index in [9.17, 15) is 9.90 Å². The predicted molar refractivity (Wildman–Crippen MR) is 136 cm³/mol. The number of carboxylic acid groups (broad SMARTS) is 1. The van der Waals surface area contributed by atoms with Gasteiger partial charge in [-0.2, -0.15) is 5.10 Å². The van der Waals surface area contributed by atoms with Gasteiger partial charge in [-0.3, -0.25) is 0 Å². The minimum absolute atomic E-state index is 0.0514. The number of methoxy groups -OCH3 is 1. The molecule has 1 unspecified atom stereocenters. The fourth-order valence-electron chi connectivity index (χ4n) is 4.16. The van der Waals surface area contributed by atoms with Crippen molar-refractivity contribution in [3.8, 4) is 22.9 Å². The maximum Gasteiger partial charge on any atom is 0.335 e. The minimum Gasteiger partial charge on any atom is -0.497 e. The van der Waals surface area contributed by atoms with E-state index in [0.29, 0.717) is 33.7 Å². The number of ether oxygens (including phenoxy) is 2. The van der Waals surface area contributed by atoms with Crippen LogP contribution in [0.1, 0.15) is 28.4 Å². The minimum atomic E-state index is -0.995. The number of carbonyl (C=O) groups is 1. The second kappa shape index (κ2) is 9.49. The van der Waals surface area contributed by atoms with Crippen LogP contribution in [0.2, 0.25) is 10.0 Å². The molecule has 0 aliphatic heterocycles. The number of hydrogen-bond acceptors (Lipinski definition) is 4. The molecule has 4 aromatic rings. The Morgan fingerprint density at radius 1 is 1.00 bits per heavy atom. The van der Waals surface area contributed by atoms with Crippen LogP contribution >= 0.6 is 23.2 Å². The SMILES string of the molecule is COc1ccc2c(c1)=CCC(c1c(Oc3ccc(C(=O)O)cc3)cnn1-c1cc(Cl)cc(Cl)c1)C=2. The van der Waals surface area contributed by atoms with Crippen LogP contribution in [0.3, 0.4) is 0 Å². The van der Waals surface area contributed by atoms with Gasteiger partial charge in [0.1, 0.15) is 11.5 Å². The molecule has 0 amide bonds. The summed E-state index contributed by atoms with van der Waals surface area (Å²) in [7, 11) is 1.65. The molecule has 6 nitrogen and oxygen atoms in total. The maximum atomic E-state index is 11.2. The first kappa shape index (κ1) is 23.0. The van der Waals surface area contributed by atoms with Gasteiger partial charge in [0, 0.05) is 16.0 Å². The molecule has 0 saturated heterocycles. The van der Waals surface area contributed by atoms with Gasteiger partial charge in [-0.1, -0.05) is 41.4 Å². The van der Waals surface area contributed by atoms with E-state index in [2.05, 4.69) is 17.3 Å². The average Bonchev–Trinajstić information content (AvgIpc) is 3.26. The molecule has 176 valence electrons. The number of nitrogens with zero attached hydrogens (tertiary/aromatic N) is 2. The lowest BCUT2D eigenvalue weighted by molar-refractivity contribution is 0.0697. The monoisotopic (exact) mass is 506 g/mol. The molecule has 1 aromatic heterocycles. The summed E-state index contributed by atoms with van der Waals surface area (Å²) in [5, 5.41) is 16.9. The number of carboxylic acids is 1. The normalized spacial score (nSPS) is 14.4. The van der Waals surface area contributed by atoms with Crippen molar-refractivity contribution in [2.24, 2.45) is 0 Å². The van der Waals surface area contributed by atoms with E-state index in [1.807, 2.05) is 18.2 Å². The van der Waals surface area contributed by atoms with E-state index < -0.39 is 5.97 Å². The molecule has 0 bridgehead atoms. The van der Waals surface area contributed by atoms with Crippen LogP contribution < -0.4 is 19.9 Å². The molecule has 1 heterocycles. The molecular formula is C27H20Cl2N2O4. The van der Waals surface area contributed by atoms with E-state index in [-0.39, 0.29) is 11.5 Å². The van der Waals surface area contributed by atoms with Crippen LogP contribution in [0.4, 0.5) is 0 Å². The molecule has 5 rings (SSSR count). The van der Waals surface area contributed by atoms with E-state index in [1.54, 1.807) is 48.3 Å². The number of hydrogen-bond donors (Lipinski definition) is 1. The Kier molecular flexibility index (Phi) is 6.24. The molecule has 0 saturated carbocycles. The largest absolute Gasteiger partial charge is 0.497 e. The molecular weight excluding hydrogens is 487 g/mol. The zero-order chi connectivity index (χ0) is 24.5. The highest BCUT2D eigenvalue weighted by Gasteiger charge is 2.23. The third kappa shape index (κ3) is 4.76. The molecule has 3 aromatic carbocycles. The number of benzene rings is 3. The number of rotatable bonds is 6. The summed E-state index contributed by atoms with van der Waals surface area (Å²) >= 11 is 12.6. The average molecular weight is 507 g/mol. The highest BCUT2D eigenvalue weighted by molar-refractivity contribution is 6.34. The van der Waals surface area contributed by atoms with Crippen molar-refractivity contribution in [2.45, 2.75) is 12.3 Å². The Hall–Kier alpha value is -3.74. The molecule has 1 N–H and O–H groups in total. The molecule has 0 fully saturated rings. The Bertz CT molecular complexity index is 1520. The summed E-state index contributed by atoms with van der Waals surface area (Å²) in [5.74, 6) is 0.815. The van der Waals surface area contributed by atoms with Crippen molar-refractivity contribution in [2.75, 3.05) is 7.11 Å². The zero-order valence-electron chi connectivity index (χ0n) is 18.6. The second-order valence-corrected chi connectivity index (χ2v) is 8.95. The van der Waals surface area contributed by atoms with Gasteiger partial charge >= 0.3 is 5.97 Å². The van der Waals surface area contributed by atoms with Gasteiger partial charge in [0.05, 0.1) is 30.3 Å². The van der Waals surface area contributed by atoms with Gasteiger partial charge in [0.15, 0.2) is 5.75 Å². The summed E-state index contributed by atoms with van der Waals surface area (Å²) < 4.78 is 13.3. The van der Waals surface area contributed by atoms with Crippen molar-refractivity contribution in [1.82, 2.24) is 9.78 Å². The van der Waals surface area contributed by atoms with Crippen molar-refractivity contribution < 1.29 is 19.4 Å². The van der Waals surface area contributed by atoms with E-state index in [4.69, 9.17) is 32.7 Å². The molecule has 0 spiro atoms. The summed E-state index contributed by atoms with van der Waals surface area (Å²) in [6.07, 6.45) is 6.70. The quantitative estimate of drug-likeness (QED) is 0.377. The molecule has 0 radical (unpaired) electrons. The molecule has 35 heavy (non-hydrogen) atoms. The lowest BCUT2D eigenvalue weighted by Crippen LogP contribution is -2.28. The summed E-state index contributed by atoms with van der Waals surface area (Å²) in [4.78, 5) is 11.2. The van der Waals surface area contributed by atoms with Crippen LogP contribution in [-0.2, 0) is 0 Å². The van der Waals surface area contributed by atoms with Gasteiger partial charge < -0.3 is 14.6 Å². The van der Waals surface area contributed by atoms with Gasteiger partial charge in [-0.05, 0) is 71.5 Å². The number of aromatic carboxylic acids is 1. The molecule has 1 atom stereocenters. The fraction of sp³-hybridized carbons (Fsp3) is 0.111. The van der Waals surface area contributed by atoms with Gasteiger partial charge in [-0.15, -0.1) is 0 Å². The lowest BCUT2D eigenvalue weighted by atomic mass is 9.93. The van der Waals surface area contributed by atoms with E-state index in [0.717, 1.165) is 21.9 Å². The van der Waals surface area contributed by atoms with E-state index >= 15 is 0 Å². The Morgan fingerprint density at radius 3 is 2.40 bits per heavy atom. The first-order chi connectivity index (χ1) is 16.9. The highest BCUT2D eigenvalue weighted by atomic mass is 35.5. The third-order valence-corrected chi connectivity index (χ3v) is 6.25. The van der Waals surface area contributed by atoms with Crippen LogP contribution in [0, 0.1) is 0 Å². The standard InChI is InChI=1S/C27H20Cl2N2O4/c1-34-24-9-6-17-10-19(3-2-18(17)11-24)26-25(35-23-7-4-16(5-8-23)27(32)33)15-30-31(26)22-13-20(28)12-21(29)14-22/h2,4-15,19H,3H2,1H3,(H,32,33). The Balaban J connectivity index is 1.61. The Morgan fingerprint density at radius 2 is 1.71 bits per heavy atom. The second-order valence-electron chi connectivity index (χ2n) is 8.07. The summed E-state index contributed by atoms with van der Waals surface area (Å²) in [5.41, 5.74) is 1.72. The van der Waals surface area contributed by atoms with Gasteiger partial charge in [-0.25, -0.2) is 9.48 Å². The zero-order valence-corrected chi connectivity index (χ0v) is 20.1. The first-order valence-electron chi connectivity index (χ1n) is 10.8. The fourth-order valence-corrected chi connectivity index (χ4v) is 4.67. The topological polar surface area (TPSA) is 73.6 Å². The van der Waals surface area contributed by atoms with Crippen molar-refractivity contribution >= 4 is 41.3 Å². The van der Waals surface area contributed by atoms with Crippen LogP contribution in [0.15, 0.2) is 66.9 Å². The maximum absolute atomic E-state index is 11.2. The van der Waals surface area contributed by atoms with E-state index in [1.165, 1.54) is 12.1 Å². The van der Waals surface area contributed by atoms with Crippen molar-refractivity contribution in [3.05, 3.63) is 98.6 Å². The third-order valence-electron chi connectivity index (χ3n) is 5.81. The molecule has 1 aliphatic carbocycles. The number of aromatic nitrogens is 2. The van der Waals surface area contributed by atoms with Gasteiger partial charge in [0.2, 0.25) is 0 Å².